The molecule has 1 unspecified atom stereocenters. The van der Waals surface area contributed by atoms with Crippen LogP contribution in [0.25, 0.3) is 22.3 Å². The SMILES string of the molecule is C[C@H]1[C@@H](O)[C@H]([n+]2cn(CCOc3ccc(Cl)cc3)c3c([O-])nc(N)nc32)O[C@@H]1COP(=O)(O)O.C[C@H]1[C@@H](O)[C@H]([n+]2cn(CCOc3ccc(Cl)cc3)c3c([O-])nc(N)nc32)O[C@@H]1COP(=O)(O)n1ccnc1. The summed E-state index contributed by atoms with van der Waals surface area (Å²) in [5, 5.41) is 48.3. The van der Waals surface area contributed by atoms with E-state index in [2.05, 4.69) is 29.4 Å². The molecule has 9 N–H and O–H groups in total. The molecule has 9 rings (SSSR count). The average Bonchev–Trinajstić information content (AvgIpc) is 4.16. The summed E-state index contributed by atoms with van der Waals surface area (Å²) in [4.78, 5) is 47.7. The van der Waals surface area contributed by atoms with Crippen LogP contribution in [0.2, 0.25) is 10.0 Å². The molecule has 27 nitrogen and oxygen atoms in total. The molecule has 0 spiro atoms. The summed E-state index contributed by atoms with van der Waals surface area (Å²) < 4.78 is 63.7. The van der Waals surface area contributed by atoms with Gasteiger partial charge in [0, 0.05) is 46.0 Å². The van der Waals surface area contributed by atoms with Crippen LogP contribution in [-0.4, -0.2) is 114 Å². The minimum absolute atomic E-state index is 0.132. The summed E-state index contributed by atoms with van der Waals surface area (Å²) in [6.07, 6.45) is 1.20. The Morgan fingerprint density at radius 2 is 1.14 bits per heavy atom. The zero-order chi connectivity index (χ0) is 51.6. The zero-order valence-electron chi connectivity index (χ0n) is 38.0. The van der Waals surface area contributed by atoms with Crippen molar-refractivity contribution < 1.29 is 81.4 Å². The van der Waals surface area contributed by atoms with E-state index in [1.807, 2.05) is 0 Å². The fourth-order valence-electron chi connectivity index (χ4n) is 7.94. The van der Waals surface area contributed by atoms with E-state index in [0.717, 1.165) is 4.34 Å². The van der Waals surface area contributed by atoms with Crippen LogP contribution in [0.4, 0.5) is 11.9 Å². The number of halogens is 2. The molecule has 0 radical (unpaired) electrons. The third-order valence-electron chi connectivity index (χ3n) is 11.7. The Balaban J connectivity index is 0.000000194. The molecule has 386 valence electrons. The molecule has 0 bridgehead atoms. The zero-order valence-corrected chi connectivity index (χ0v) is 41.3. The number of fused-ring (bicyclic) bond motifs is 2. The van der Waals surface area contributed by atoms with E-state index in [1.165, 1.54) is 34.2 Å². The van der Waals surface area contributed by atoms with E-state index in [4.69, 9.17) is 67.9 Å². The summed E-state index contributed by atoms with van der Waals surface area (Å²) in [6, 6.07) is 13.7. The number of phosphoric ester groups is 1. The molecule has 2 aliphatic heterocycles. The van der Waals surface area contributed by atoms with Crippen LogP contribution in [0.3, 0.4) is 0 Å². The lowest BCUT2D eigenvalue weighted by Crippen LogP contribution is -2.45. The fourth-order valence-corrected chi connectivity index (χ4v) is 9.43. The quantitative estimate of drug-likeness (QED) is 0.0493. The van der Waals surface area contributed by atoms with Crippen LogP contribution in [0.5, 0.6) is 23.3 Å². The molecular formula is C41H48Cl2N12O15P2. The first-order valence-electron chi connectivity index (χ1n) is 21.8. The van der Waals surface area contributed by atoms with Crippen LogP contribution < -0.4 is 40.3 Å². The second-order valence-corrected chi connectivity index (χ2v) is 20.3. The number of imidazole rings is 3. The summed E-state index contributed by atoms with van der Waals surface area (Å²) in [5.74, 6) is -1.53. The van der Waals surface area contributed by atoms with Gasteiger partial charge in [-0.15, -0.1) is 0 Å². The number of rotatable bonds is 17. The number of nitrogens with two attached hydrogens (primary N) is 2. The lowest BCUT2D eigenvalue weighted by atomic mass is 10.0. The molecule has 7 heterocycles. The maximum absolute atomic E-state index is 12.7. The maximum Gasteiger partial charge on any atom is 0.469 e. The third-order valence-corrected chi connectivity index (χ3v) is 14.0. The highest BCUT2D eigenvalue weighted by atomic mass is 35.5. The van der Waals surface area contributed by atoms with E-state index in [9.17, 15) is 34.4 Å². The number of aliphatic hydroxyl groups excluding tert-OH is 2. The van der Waals surface area contributed by atoms with Crippen LogP contribution in [-0.2, 0) is 40.7 Å². The predicted octanol–water partition coefficient (Wildman–Crippen LogP) is 0.974. The molecule has 2 fully saturated rings. The Bertz CT molecular complexity index is 3100. The van der Waals surface area contributed by atoms with Gasteiger partial charge in [-0.3, -0.25) is 18.2 Å². The molecular weight excluding hydrogens is 1030 g/mol. The number of aliphatic hydroxyl groups is 2. The number of phosphoric acid groups is 1. The lowest BCUT2D eigenvalue weighted by Gasteiger charge is -2.18. The average molecular weight is 1080 g/mol. The van der Waals surface area contributed by atoms with Gasteiger partial charge in [-0.25, -0.2) is 37.6 Å². The smallest absolute Gasteiger partial charge is 0.469 e. The maximum atomic E-state index is 12.7. The van der Waals surface area contributed by atoms with Crippen molar-refractivity contribution in [3.63, 3.8) is 0 Å². The second kappa shape index (κ2) is 21.8. The standard InChI is InChI=1S/C22H25ClN7O7P.C19H23ClN5O8P/c1-13-16(10-36-38(33,34)29-7-6-25-11-29)37-21(18(13)31)30-12-28(17-19(30)26-22(24)27-20(17)32)8-9-35-15-4-2-14(23)3-5-15;1-10-13(8-32-34(28,29)30)33-18(15(10)26)25-9-24(14-16(25)22-19(21)23-17(14)27)6-7-31-12-4-2-11(20)3-5-12/h2-7,11-13,16,18,21,31H,8-10H2,1H3,(H3-,24,26,27,32,33,34);2-5,9-10,13,15,18,26H,6-8H2,1H3,(H4-,21,22,23,27,28,29,30)/t13-,16-,18-,21-;10-,13-,15-,18-/m11/s1. The van der Waals surface area contributed by atoms with Gasteiger partial charge >= 0.3 is 26.9 Å². The Hall–Kier alpha value is -5.77. The Kier molecular flexibility index (Phi) is 15.9. The third kappa shape index (κ3) is 11.8. The molecule has 72 heavy (non-hydrogen) atoms. The van der Waals surface area contributed by atoms with Gasteiger partial charge in [0.2, 0.25) is 12.5 Å². The van der Waals surface area contributed by atoms with E-state index in [0.29, 0.717) is 21.5 Å². The normalized spacial score (nSPS) is 23.0. The van der Waals surface area contributed by atoms with E-state index >= 15 is 0 Å². The van der Waals surface area contributed by atoms with Crippen LogP contribution in [0, 0.1) is 11.8 Å². The predicted molar refractivity (Wildman–Crippen MR) is 247 cm³/mol. The first-order chi connectivity index (χ1) is 34.2. The van der Waals surface area contributed by atoms with Gasteiger partial charge in [0.25, 0.3) is 11.9 Å². The van der Waals surface area contributed by atoms with Crippen molar-refractivity contribution in [1.29, 1.82) is 0 Å². The molecule has 31 heteroatoms. The van der Waals surface area contributed by atoms with Gasteiger partial charge in [0.15, 0.2) is 23.7 Å². The van der Waals surface area contributed by atoms with Crippen LogP contribution in [0.15, 0.2) is 79.9 Å². The van der Waals surface area contributed by atoms with Gasteiger partial charge < -0.3 is 65.5 Å². The molecule has 0 aliphatic carbocycles. The Labute approximate surface area is 418 Å². The highest BCUT2D eigenvalue weighted by Gasteiger charge is 2.47. The van der Waals surface area contributed by atoms with Gasteiger partial charge in [-0.2, -0.15) is 0 Å². The van der Waals surface area contributed by atoms with Gasteiger partial charge in [0.05, 0.1) is 25.4 Å². The minimum Gasteiger partial charge on any atom is -0.856 e. The lowest BCUT2D eigenvalue weighted by molar-refractivity contribution is -0.746. The van der Waals surface area contributed by atoms with E-state index < -0.39 is 82.6 Å². The molecule has 5 aromatic heterocycles. The van der Waals surface area contributed by atoms with Crippen molar-refractivity contribution in [3.8, 4) is 23.3 Å². The minimum atomic E-state index is -4.72. The number of nitrogen functional groups attached to an aromatic ring is 2. The molecule has 0 amide bonds. The van der Waals surface area contributed by atoms with Crippen molar-refractivity contribution in [1.82, 2.24) is 38.4 Å². The van der Waals surface area contributed by atoms with Crippen molar-refractivity contribution in [2.45, 2.75) is 63.8 Å². The molecule has 2 saturated heterocycles. The number of hydrogen-bond donors (Lipinski definition) is 7. The molecule has 7 aromatic rings. The van der Waals surface area contributed by atoms with Crippen molar-refractivity contribution in [2.75, 3.05) is 37.9 Å². The number of ether oxygens (including phenoxy) is 4. The number of hydrogen-bond acceptors (Lipinski definition) is 19. The number of aromatic nitrogens is 10. The topological polar surface area (TPSA) is 376 Å². The van der Waals surface area contributed by atoms with Crippen LogP contribution >= 0.6 is 38.8 Å². The summed E-state index contributed by atoms with van der Waals surface area (Å²) in [5.41, 5.74) is 12.0. The monoisotopic (exact) mass is 1080 g/mol. The number of nitrogens with zero attached hydrogens (tertiary/aromatic N) is 10. The first kappa shape index (κ1) is 52.5. The summed E-state index contributed by atoms with van der Waals surface area (Å²) in [6.45, 7) is 3.54. The first-order valence-corrected chi connectivity index (χ1v) is 25.6. The summed E-state index contributed by atoms with van der Waals surface area (Å²) >= 11 is 11.8. The van der Waals surface area contributed by atoms with Gasteiger partial charge in [-0.1, -0.05) is 47.0 Å². The van der Waals surface area contributed by atoms with Gasteiger partial charge in [-0.05, 0) is 48.5 Å². The molecule has 2 aromatic carbocycles. The highest BCUT2D eigenvalue weighted by molar-refractivity contribution is 7.51. The Morgan fingerprint density at radius 1 is 0.708 bits per heavy atom. The molecule has 0 saturated carbocycles. The summed E-state index contributed by atoms with van der Waals surface area (Å²) in [7, 11) is -8.91. The fraction of sp³-hybridized carbons (Fsp3) is 0.390. The highest BCUT2D eigenvalue weighted by Crippen LogP contribution is 2.45. The van der Waals surface area contributed by atoms with Gasteiger partial charge in [0.1, 0.15) is 56.3 Å². The largest absolute Gasteiger partial charge is 0.856 e. The molecule has 2 aliphatic rings. The van der Waals surface area contributed by atoms with Crippen molar-refractivity contribution >= 4 is 73.0 Å². The van der Waals surface area contributed by atoms with Crippen molar-refractivity contribution in [3.05, 3.63) is 90.0 Å². The molecule has 9 atom stereocenters. The van der Waals surface area contributed by atoms with E-state index in [1.54, 1.807) is 77.8 Å². The van der Waals surface area contributed by atoms with E-state index in [-0.39, 0.29) is 67.1 Å². The van der Waals surface area contributed by atoms with Crippen molar-refractivity contribution in [2.24, 2.45) is 11.8 Å². The number of benzene rings is 2. The second-order valence-electron chi connectivity index (χ2n) is 16.5. The number of anilines is 2. The Morgan fingerprint density at radius 3 is 1.54 bits per heavy atom. The van der Waals surface area contributed by atoms with Crippen LogP contribution in [0.1, 0.15) is 26.3 Å².